The molecular weight excluding hydrogens is 554 g/mol. The highest BCUT2D eigenvalue weighted by Crippen LogP contribution is 2.39. The number of aliphatic carboxylic acids is 1. The zero-order valence-corrected chi connectivity index (χ0v) is 21.5. The van der Waals surface area contributed by atoms with Crippen LogP contribution in [0.1, 0.15) is 27.0 Å². The van der Waals surface area contributed by atoms with Crippen LogP contribution in [0.4, 0.5) is 5.69 Å². The van der Waals surface area contributed by atoms with Gasteiger partial charge < -0.3 is 19.8 Å². The third-order valence-electron chi connectivity index (χ3n) is 5.10. The Morgan fingerprint density at radius 3 is 2.15 bits per heavy atom. The summed E-state index contributed by atoms with van der Waals surface area (Å²) >= 11 is 7.06. The first-order chi connectivity index (χ1) is 15.6. The van der Waals surface area contributed by atoms with E-state index in [2.05, 4.69) is 31.9 Å². The number of ether oxygens (including phenoxy) is 1. The number of carboxylic acids is 1. The van der Waals surface area contributed by atoms with Crippen molar-refractivity contribution in [1.29, 1.82) is 0 Å². The van der Waals surface area contributed by atoms with E-state index in [1.165, 1.54) is 0 Å². The molecule has 3 aromatic carbocycles. The first-order valence-corrected chi connectivity index (χ1v) is 11.7. The number of carboxylic acid groups (broad SMARTS) is 1. The lowest BCUT2D eigenvalue weighted by Crippen LogP contribution is -2.26. The highest BCUT2D eigenvalue weighted by molar-refractivity contribution is 9.11. The van der Waals surface area contributed by atoms with Gasteiger partial charge in [-0.3, -0.25) is 9.59 Å². The van der Waals surface area contributed by atoms with E-state index in [1.54, 1.807) is 62.2 Å². The zero-order chi connectivity index (χ0) is 24.3. The van der Waals surface area contributed by atoms with Gasteiger partial charge in [0, 0.05) is 24.7 Å². The Balaban J connectivity index is 1.84. The molecule has 0 radical (unpaired) electrons. The maximum Gasteiger partial charge on any atom is 0.323 e. The van der Waals surface area contributed by atoms with Crippen molar-refractivity contribution in [1.82, 2.24) is 0 Å². The molecule has 3 rings (SSSR count). The lowest BCUT2D eigenvalue weighted by Gasteiger charge is -2.20. The first-order valence-electron chi connectivity index (χ1n) is 10.1. The quantitative estimate of drug-likeness (QED) is 0.307. The molecule has 0 heterocycles. The number of likely N-dealkylation sites (N-methyl/N-ethyl adjacent to an activating group) is 1. The third kappa shape index (κ3) is 5.94. The Kier molecular flexibility index (Phi) is 7.81. The van der Waals surface area contributed by atoms with Crippen LogP contribution >= 0.6 is 31.9 Å². The van der Waals surface area contributed by atoms with Gasteiger partial charge in [-0.25, -0.2) is 0 Å². The molecule has 8 heteroatoms. The summed E-state index contributed by atoms with van der Waals surface area (Å²) in [7, 11) is 1.65. The van der Waals surface area contributed by atoms with Crippen LogP contribution in [0.25, 0.3) is 0 Å². The molecule has 33 heavy (non-hydrogen) atoms. The van der Waals surface area contributed by atoms with Gasteiger partial charge in [0.2, 0.25) is 0 Å². The third-order valence-corrected chi connectivity index (χ3v) is 6.27. The van der Waals surface area contributed by atoms with Crippen molar-refractivity contribution >= 4 is 49.3 Å². The second kappa shape index (κ2) is 10.4. The SMILES string of the molecule is Cc1cc(Oc2c(Br)cc(CC(=O)c3ccccc3N(C)CC(=O)O)cc2Br)cc(C)c1O. The lowest BCUT2D eigenvalue weighted by molar-refractivity contribution is -0.135. The van der Waals surface area contributed by atoms with Crippen LogP contribution in [-0.4, -0.2) is 35.6 Å². The molecular formula is C25H23Br2NO5. The predicted molar refractivity (Wildman–Crippen MR) is 135 cm³/mol. The Morgan fingerprint density at radius 1 is 1.00 bits per heavy atom. The summed E-state index contributed by atoms with van der Waals surface area (Å²) in [6, 6.07) is 14.1. The second-order valence-electron chi connectivity index (χ2n) is 7.76. The number of benzene rings is 3. The topological polar surface area (TPSA) is 87.1 Å². The molecule has 0 fully saturated rings. The molecule has 0 aliphatic rings. The number of aromatic hydroxyl groups is 1. The van der Waals surface area contributed by atoms with E-state index in [1.807, 2.05) is 12.1 Å². The average Bonchev–Trinajstić information content (AvgIpc) is 2.74. The number of halogens is 2. The number of aryl methyl sites for hydroxylation is 2. The largest absolute Gasteiger partial charge is 0.507 e. The van der Waals surface area contributed by atoms with E-state index in [-0.39, 0.29) is 24.5 Å². The van der Waals surface area contributed by atoms with E-state index in [0.29, 0.717) is 42.8 Å². The van der Waals surface area contributed by atoms with Crippen LogP contribution in [0.3, 0.4) is 0 Å². The Hall–Kier alpha value is -2.84. The molecule has 0 unspecified atom stereocenters. The van der Waals surface area contributed by atoms with Crippen LogP contribution < -0.4 is 9.64 Å². The van der Waals surface area contributed by atoms with Crippen molar-refractivity contribution in [2.45, 2.75) is 20.3 Å². The van der Waals surface area contributed by atoms with Crippen LogP contribution in [0.15, 0.2) is 57.5 Å². The Morgan fingerprint density at radius 2 is 1.58 bits per heavy atom. The molecule has 0 aliphatic heterocycles. The Labute approximate surface area is 209 Å². The van der Waals surface area contributed by atoms with E-state index in [0.717, 1.165) is 5.56 Å². The molecule has 0 aliphatic carbocycles. The summed E-state index contributed by atoms with van der Waals surface area (Å²) in [5, 5.41) is 19.1. The number of nitrogens with zero attached hydrogens (tertiary/aromatic N) is 1. The molecule has 3 aromatic rings. The monoisotopic (exact) mass is 575 g/mol. The van der Waals surface area contributed by atoms with Crippen LogP contribution in [0.2, 0.25) is 0 Å². The molecule has 0 saturated heterocycles. The summed E-state index contributed by atoms with van der Waals surface area (Å²) in [6.45, 7) is 3.41. The lowest BCUT2D eigenvalue weighted by atomic mass is 10.0. The molecule has 0 amide bonds. The fraction of sp³-hybridized carbons (Fsp3) is 0.200. The van der Waals surface area contributed by atoms with Gasteiger partial charge in [-0.05, 0) is 98.8 Å². The summed E-state index contributed by atoms with van der Waals surface area (Å²) < 4.78 is 7.37. The van der Waals surface area contributed by atoms with Crippen molar-refractivity contribution < 1.29 is 24.5 Å². The van der Waals surface area contributed by atoms with Gasteiger partial charge in [0.25, 0.3) is 0 Å². The first kappa shape index (κ1) is 24.8. The number of Topliss-reactive ketones (excluding diaryl/α,β-unsaturated/α-hetero) is 1. The van der Waals surface area contributed by atoms with E-state index in [4.69, 9.17) is 9.84 Å². The molecule has 6 nitrogen and oxygen atoms in total. The smallest absolute Gasteiger partial charge is 0.323 e. The van der Waals surface area contributed by atoms with Crippen molar-refractivity contribution in [2.75, 3.05) is 18.5 Å². The minimum Gasteiger partial charge on any atom is -0.507 e. The van der Waals surface area contributed by atoms with Crippen molar-refractivity contribution in [3.05, 3.63) is 79.7 Å². The highest BCUT2D eigenvalue weighted by Gasteiger charge is 2.18. The number of hydrogen-bond acceptors (Lipinski definition) is 5. The molecule has 0 bridgehead atoms. The van der Waals surface area contributed by atoms with Crippen LogP contribution in [0.5, 0.6) is 17.2 Å². The van der Waals surface area contributed by atoms with E-state index >= 15 is 0 Å². The minimum atomic E-state index is -0.970. The zero-order valence-electron chi connectivity index (χ0n) is 18.4. The van der Waals surface area contributed by atoms with Crippen molar-refractivity contribution in [2.24, 2.45) is 0 Å². The maximum absolute atomic E-state index is 13.1. The molecule has 0 saturated carbocycles. The van der Waals surface area contributed by atoms with Gasteiger partial charge in [-0.1, -0.05) is 12.1 Å². The molecule has 0 aromatic heterocycles. The maximum atomic E-state index is 13.1. The molecule has 172 valence electrons. The number of carbonyl (C=O) groups is 2. The summed E-state index contributed by atoms with van der Waals surface area (Å²) in [5.74, 6) is 0.284. The Bertz CT molecular complexity index is 1180. The van der Waals surface area contributed by atoms with E-state index in [9.17, 15) is 14.7 Å². The van der Waals surface area contributed by atoms with Crippen molar-refractivity contribution in [3.63, 3.8) is 0 Å². The fourth-order valence-corrected chi connectivity index (χ4v) is 4.96. The summed E-state index contributed by atoms with van der Waals surface area (Å²) in [4.78, 5) is 25.7. The predicted octanol–water partition coefficient (Wildman–Crippen LogP) is 6.27. The fourth-order valence-electron chi connectivity index (χ4n) is 3.52. The molecule has 2 N–H and O–H groups in total. The number of hydrogen-bond donors (Lipinski definition) is 2. The second-order valence-corrected chi connectivity index (χ2v) is 9.47. The number of phenols is 1. The number of phenolic OH excluding ortho intramolecular Hbond substituents is 1. The average molecular weight is 577 g/mol. The van der Waals surface area contributed by atoms with Gasteiger partial charge in [0.15, 0.2) is 11.5 Å². The van der Waals surface area contributed by atoms with Gasteiger partial charge in [0.05, 0.1) is 8.95 Å². The van der Waals surface area contributed by atoms with Gasteiger partial charge in [-0.2, -0.15) is 0 Å². The minimum absolute atomic E-state index is 0.125. The van der Waals surface area contributed by atoms with Crippen molar-refractivity contribution in [3.8, 4) is 17.2 Å². The van der Waals surface area contributed by atoms with Crippen LogP contribution in [-0.2, 0) is 11.2 Å². The summed E-state index contributed by atoms with van der Waals surface area (Å²) in [5.41, 5.74) is 3.22. The standard InChI is InChI=1S/C25H23Br2NO5/c1-14-8-17(9-15(2)24(14)32)33-25-19(26)10-16(11-20(25)27)12-22(29)18-6-4-5-7-21(18)28(3)13-23(30)31/h4-11,32H,12-13H2,1-3H3,(H,30,31). The van der Waals surface area contributed by atoms with Gasteiger partial charge in [-0.15, -0.1) is 0 Å². The van der Waals surface area contributed by atoms with E-state index < -0.39 is 5.97 Å². The summed E-state index contributed by atoms with van der Waals surface area (Å²) in [6.07, 6.45) is 0.132. The number of rotatable bonds is 8. The molecule has 0 atom stereocenters. The number of anilines is 1. The number of carbonyl (C=O) groups excluding carboxylic acids is 1. The molecule has 0 spiro atoms. The van der Waals surface area contributed by atoms with Gasteiger partial charge in [0.1, 0.15) is 18.0 Å². The highest BCUT2D eigenvalue weighted by atomic mass is 79.9. The normalized spacial score (nSPS) is 10.7. The van der Waals surface area contributed by atoms with Crippen LogP contribution in [0, 0.1) is 13.8 Å². The van der Waals surface area contributed by atoms with Gasteiger partial charge >= 0.3 is 5.97 Å². The number of ketones is 1. The number of para-hydroxylation sites is 1.